The summed E-state index contributed by atoms with van der Waals surface area (Å²) < 4.78 is 31.2. The van der Waals surface area contributed by atoms with E-state index in [1.807, 2.05) is 0 Å². The number of aliphatic hydroxyl groups excluding tert-OH is 1. The van der Waals surface area contributed by atoms with Gasteiger partial charge in [-0.05, 0) is 42.5 Å². The van der Waals surface area contributed by atoms with Gasteiger partial charge in [-0.3, -0.25) is 9.59 Å². The highest BCUT2D eigenvalue weighted by Gasteiger charge is 2.47. The van der Waals surface area contributed by atoms with Crippen molar-refractivity contribution in [1.29, 1.82) is 0 Å². The van der Waals surface area contributed by atoms with Crippen LogP contribution in [0.4, 0.5) is 0 Å². The van der Waals surface area contributed by atoms with E-state index >= 15 is 0 Å². The zero-order valence-corrected chi connectivity index (χ0v) is 18.7. The number of hydrogen-bond donors (Lipinski definition) is 1. The summed E-state index contributed by atoms with van der Waals surface area (Å²) in [5.41, 5.74) is 0.836. The number of sulfonamides is 1. The van der Waals surface area contributed by atoms with E-state index in [9.17, 15) is 23.1 Å². The predicted octanol–water partition coefficient (Wildman–Crippen LogP) is 1.97. The number of pyridine rings is 1. The van der Waals surface area contributed by atoms with Gasteiger partial charge in [0.15, 0.2) is 12.4 Å². The van der Waals surface area contributed by atoms with Gasteiger partial charge < -0.3 is 14.4 Å². The van der Waals surface area contributed by atoms with Crippen molar-refractivity contribution in [2.24, 2.45) is 0 Å². The number of hydrogen-bond acceptors (Lipinski definition) is 6. The molecule has 10 heteroatoms. The first-order valence-electron chi connectivity index (χ1n) is 10.0. The largest absolute Gasteiger partial charge is 0.507 e. The summed E-state index contributed by atoms with van der Waals surface area (Å²) >= 11 is 0. The number of nitrogens with zero attached hydrogens (tertiary/aromatic N) is 2. The summed E-state index contributed by atoms with van der Waals surface area (Å²) in [5, 5.41) is 11.0. The fourth-order valence-electron chi connectivity index (χ4n) is 3.66. The fourth-order valence-corrected chi connectivity index (χ4v) is 4.56. The standard InChI is InChI=1S/C23H21N3O6S/c1-25(2)33(30,31)17-9-7-16(8-10-17)21(27)19-20(18-6-4-12-32-18)26(23(29)22(19)28)14-15-5-3-11-24-13-15/h3-13,20,27H,14H2,1-2H3/p+1. The molecule has 1 amide bonds. The Labute approximate surface area is 190 Å². The highest BCUT2D eigenvalue weighted by atomic mass is 32.2. The number of carbonyl (C=O) groups is 2. The van der Waals surface area contributed by atoms with Crippen molar-refractivity contribution in [2.75, 3.05) is 14.1 Å². The lowest BCUT2D eigenvalue weighted by Gasteiger charge is -2.22. The van der Waals surface area contributed by atoms with Crippen LogP contribution in [-0.4, -0.2) is 48.5 Å². The van der Waals surface area contributed by atoms with Crippen molar-refractivity contribution in [3.63, 3.8) is 0 Å². The van der Waals surface area contributed by atoms with Gasteiger partial charge in [-0.25, -0.2) is 17.7 Å². The Hall–Kier alpha value is -3.76. The van der Waals surface area contributed by atoms with Crippen molar-refractivity contribution < 1.29 is 32.5 Å². The predicted molar refractivity (Wildman–Crippen MR) is 117 cm³/mol. The quantitative estimate of drug-likeness (QED) is 0.335. The molecule has 1 aliphatic heterocycles. The fraction of sp³-hybridized carbons (Fsp3) is 0.174. The average molecular weight is 469 g/mol. The average Bonchev–Trinajstić information content (AvgIpc) is 3.42. The van der Waals surface area contributed by atoms with Crippen LogP contribution < -0.4 is 4.98 Å². The van der Waals surface area contributed by atoms with Crippen LogP contribution in [0.2, 0.25) is 0 Å². The van der Waals surface area contributed by atoms with Crippen LogP contribution in [0, 0.1) is 0 Å². The van der Waals surface area contributed by atoms with Gasteiger partial charge in [0.25, 0.3) is 11.7 Å². The number of carbonyl (C=O) groups excluding carboxylic acids is 2. The summed E-state index contributed by atoms with van der Waals surface area (Å²) in [6.45, 7) is 0.115. The van der Waals surface area contributed by atoms with Gasteiger partial charge in [-0.15, -0.1) is 0 Å². The van der Waals surface area contributed by atoms with E-state index in [1.165, 1.54) is 49.5 Å². The molecule has 3 aromatic rings. The molecule has 1 atom stereocenters. The molecule has 9 nitrogen and oxygen atoms in total. The lowest BCUT2D eigenvalue weighted by Crippen LogP contribution is -2.29. The number of furan rings is 1. The number of nitrogens with one attached hydrogen (secondary N) is 1. The second-order valence-electron chi connectivity index (χ2n) is 7.67. The second-order valence-corrected chi connectivity index (χ2v) is 9.82. The van der Waals surface area contributed by atoms with Crippen LogP contribution >= 0.6 is 0 Å². The van der Waals surface area contributed by atoms with Crippen LogP contribution in [0.3, 0.4) is 0 Å². The molecule has 1 saturated heterocycles. The topological polar surface area (TPSA) is 122 Å². The minimum absolute atomic E-state index is 0.0346. The highest BCUT2D eigenvalue weighted by Crippen LogP contribution is 2.40. The molecule has 3 heterocycles. The molecule has 2 aromatic heterocycles. The monoisotopic (exact) mass is 468 g/mol. The number of aromatic amines is 1. The number of aromatic nitrogens is 1. The van der Waals surface area contributed by atoms with E-state index < -0.39 is 33.5 Å². The maximum Gasteiger partial charge on any atom is 0.296 e. The third-order valence-corrected chi connectivity index (χ3v) is 7.21. The lowest BCUT2D eigenvalue weighted by atomic mass is 9.99. The van der Waals surface area contributed by atoms with Gasteiger partial charge >= 0.3 is 0 Å². The Morgan fingerprint density at radius 3 is 2.42 bits per heavy atom. The minimum atomic E-state index is -3.66. The molecule has 2 N–H and O–H groups in total. The van der Waals surface area contributed by atoms with Gasteiger partial charge in [0.05, 0.1) is 23.3 Å². The highest BCUT2D eigenvalue weighted by molar-refractivity contribution is 7.89. The summed E-state index contributed by atoms with van der Waals surface area (Å²) in [7, 11) is -0.829. The molecule has 4 rings (SSSR count). The smallest absolute Gasteiger partial charge is 0.296 e. The molecule has 170 valence electrons. The number of ketones is 1. The van der Waals surface area contributed by atoms with Crippen molar-refractivity contribution >= 4 is 27.5 Å². The van der Waals surface area contributed by atoms with Crippen molar-refractivity contribution in [1.82, 2.24) is 9.21 Å². The number of aliphatic hydroxyl groups is 1. The molecule has 1 aromatic carbocycles. The Morgan fingerprint density at radius 2 is 1.85 bits per heavy atom. The first-order chi connectivity index (χ1) is 15.7. The molecule has 0 aliphatic carbocycles. The third-order valence-electron chi connectivity index (χ3n) is 5.38. The second kappa shape index (κ2) is 8.64. The van der Waals surface area contributed by atoms with Crippen LogP contribution in [0.1, 0.15) is 22.9 Å². The van der Waals surface area contributed by atoms with E-state index in [4.69, 9.17) is 4.42 Å². The number of benzene rings is 1. The molecule has 1 unspecified atom stereocenters. The van der Waals surface area contributed by atoms with Crippen LogP contribution in [0.15, 0.2) is 82.1 Å². The normalized spacial score (nSPS) is 18.3. The van der Waals surface area contributed by atoms with E-state index in [-0.39, 0.29) is 22.6 Å². The number of likely N-dealkylation sites (tertiary alicyclic amines) is 1. The van der Waals surface area contributed by atoms with Crippen molar-refractivity contribution in [3.05, 3.63) is 89.6 Å². The molecular weight excluding hydrogens is 446 g/mol. The van der Waals surface area contributed by atoms with Gasteiger partial charge in [-0.1, -0.05) is 0 Å². The number of amides is 1. The Balaban J connectivity index is 1.79. The number of rotatable bonds is 6. The van der Waals surface area contributed by atoms with Gasteiger partial charge in [0.2, 0.25) is 10.0 Å². The van der Waals surface area contributed by atoms with Gasteiger partial charge in [-0.2, -0.15) is 0 Å². The first-order valence-corrected chi connectivity index (χ1v) is 11.5. The molecule has 1 fully saturated rings. The zero-order chi connectivity index (χ0) is 23.8. The first kappa shape index (κ1) is 22.4. The van der Waals surface area contributed by atoms with E-state index in [2.05, 4.69) is 4.98 Å². The van der Waals surface area contributed by atoms with Gasteiger partial charge in [0, 0.05) is 31.3 Å². The summed E-state index contributed by atoms with van der Waals surface area (Å²) in [5.74, 6) is -1.71. The van der Waals surface area contributed by atoms with Gasteiger partial charge in [0.1, 0.15) is 17.6 Å². The molecule has 33 heavy (non-hydrogen) atoms. The molecule has 0 saturated carbocycles. The van der Waals surface area contributed by atoms with E-state index in [0.29, 0.717) is 5.76 Å². The zero-order valence-electron chi connectivity index (χ0n) is 17.9. The minimum Gasteiger partial charge on any atom is -0.507 e. The van der Waals surface area contributed by atoms with Crippen LogP contribution in [0.25, 0.3) is 5.76 Å². The number of H-pyrrole nitrogens is 1. The maximum absolute atomic E-state index is 13.0. The third kappa shape index (κ3) is 4.06. The Kier molecular flexibility index (Phi) is 5.88. The Bertz CT molecular complexity index is 1310. The maximum atomic E-state index is 13.0. The summed E-state index contributed by atoms with van der Waals surface area (Å²) in [6, 6.07) is 11.4. The van der Waals surface area contributed by atoms with Crippen molar-refractivity contribution in [2.45, 2.75) is 17.5 Å². The van der Waals surface area contributed by atoms with E-state index in [0.717, 1.165) is 9.87 Å². The summed E-state index contributed by atoms with van der Waals surface area (Å²) in [4.78, 5) is 30.2. The Morgan fingerprint density at radius 1 is 1.12 bits per heavy atom. The lowest BCUT2D eigenvalue weighted by molar-refractivity contribution is -0.378. The molecular formula is C23H22N3O6S+. The SMILES string of the molecule is CN(C)S(=O)(=O)c1ccc(C(O)=C2C(=O)C(=O)N(Cc3ccc[nH+]c3)C2c2ccco2)cc1. The molecule has 0 radical (unpaired) electrons. The molecule has 1 aliphatic rings. The molecule has 0 bridgehead atoms. The van der Waals surface area contributed by atoms with Crippen LogP contribution in [-0.2, 0) is 26.2 Å². The van der Waals surface area contributed by atoms with E-state index in [1.54, 1.807) is 36.7 Å². The van der Waals surface area contributed by atoms with Crippen LogP contribution in [0.5, 0.6) is 0 Å². The van der Waals surface area contributed by atoms with Crippen molar-refractivity contribution in [3.8, 4) is 0 Å². The molecule has 0 spiro atoms. The number of Topliss-reactive ketones (excluding diaryl/α,β-unsaturated/α-hetero) is 1. The summed E-state index contributed by atoms with van der Waals surface area (Å²) in [6.07, 6.45) is 4.86.